The number of hydrogen-bond acceptors (Lipinski definition) is 3. The lowest BCUT2D eigenvalue weighted by Gasteiger charge is -2.05. The number of hydrogen-bond donors (Lipinski definition) is 1. The summed E-state index contributed by atoms with van der Waals surface area (Å²) in [4.78, 5) is 12.2. The maximum atomic E-state index is 12.9. The summed E-state index contributed by atoms with van der Waals surface area (Å²) in [5.41, 5.74) is 1.04. The molecule has 148 valence electrons. The van der Waals surface area contributed by atoms with Gasteiger partial charge in [-0.05, 0) is 19.4 Å². The number of benzene rings is 1. The third-order valence-electron chi connectivity index (χ3n) is 4.03. The lowest BCUT2D eigenvalue weighted by molar-refractivity contribution is -0.141. The number of anilines is 1. The number of aryl methyl sites for hydroxylation is 1. The molecule has 0 aliphatic carbocycles. The Morgan fingerprint density at radius 1 is 1.21 bits per heavy atom. The summed E-state index contributed by atoms with van der Waals surface area (Å²) in [5.74, 6) is -0.263. The molecule has 1 aromatic carbocycles. The minimum atomic E-state index is -4.68. The first-order valence-corrected chi connectivity index (χ1v) is 8.70. The zero-order valence-electron chi connectivity index (χ0n) is 15.1. The summed E-state index contributed by atoms with van der Waals surface area (Å²) < 4.78 is 41.2. The van der Waals surface area contributed by atoms with Crippen molar-refractivity contribution >= 4 is 23.3 Å². The molecule has 0 radical (unpaired) electrons. The molecule has 0 saturated carbocycles. The molecule has 28 heavy (non-hydrogen) atoms. The minimum absolute atomic E-state index is 0.0640. The first-order chi connectivity index (χ1) is 13.1. The molecule has 1 N–H and O–H groups in total. The maximum Gasteiger partial charge on any atom is 0.436 e. The van der Waals surface area contributed by atoms with Gasteiger partial charge in [0.15, 0.2) is 11.5 Å². The van der Waals surface area contributed by atoms with Crippen LogP contribution in [0.25, 0.3) is 0 Å². The van der Waals surface area contributed by atoms with Crippen LogP contribution in [0.4, 0.5) is 19.0 Å². The molecule has 0 unspecified atom stereocenters. The highest BCUT2D eigenvalue weighted by molar-refractivity contribution is 6.32. The Labute approximate surface area is 163 Å². The largest absolute Gasteiger partial charge is 0.436 e. The second-order valence-electron chi connectivity index (χ2n) is 6.34. The standard InChI is InChI=1S/C18H17ClF3N5O/c1-11-4-3-5-13(8-11)9-26-7-6-14(24-26)23-15(28)10-27-12(2)16(19)17(25-27)18(20,21)22/h3-8H,9-10H2,1-2H3,(H,23,24,28). The summed E-state index contributed by atoms with van der Waals surface area (Å²) in [6.07, 6.45) is -2.98. The minimum Gasteiger partial charge on any atom is -0.308 e. The van der Waals surface area contributed by atoms with Crippen LogP contribution in [0.5, 0.6) is 0 Å². The second kappa shape index (κ2) is 7.67. The van der Waals surface area contributed by atoms with E-state index in [2.05, 4.69) is 15.5 Å². The summed E-state index contributed by atoms with van der Waals surface area (Å²) in [6.45, 7) is 3.48. The van der Waals surface area contributed by atoms with Crippen LogP contribution >= 0.6 is 11.6 Å². The van der Waals surface area contributed by atoms with E-state index in [9.17, 15) is 18.0 Å². The van der Waals surface area contributed by atoms with Gasteiger partial charge in [0.25, 0.3) is 0 Å². The van der Waals surface area contributed by atoms with Crippen LogP contribution in [0.2, 0.25) is 5.02 Å². The van der Waals surface area contributed by atoms with Gasteiger partial charge in [-0.1, -0.05) is 41.4 Å². The van der Waals surface area contributed by atoms with Crippen molar-refractivity contribution in [1.82, 2.24) is 19.6 Å². The third-order valence-corrected chi connectivity index (χ3v) is 4.48. The monoisotopic (exact) mass is 411 g/mol. The lowest BCUT2D eigenvalue weighted by atomic mass is 10.1. The Kier molecular flexibility index (Phi) is 5.46. The van der Waals surface area contributed by atoms with Gasteiger partial charge in [0, 0.05) is 12.3 Å². The van der Waals surface area contributed by atoms with Crippen LogP contribution in [-0.2, 0) is 24.1 Å². The van der Waals surface area contributed by atoms with Crippen molar-refractivity contribution in [3.63, 3.8) is 0 Å². The average Bonchev–Trinajstić information content (AvgIpc) is 3.13. The zero-order chi connectivity index (χ0) is 20.5. The van der Waals surface area contributed by atoms with E-state index in [4.69, 9.17) is 11.6 Å². The van der Waals surface area contributed by atoms with E-state index in [-0.39, 0.29) is 5.69 Å². The lowest BCUT2D eigenvalue weighted by Crippen LogP contribution is -2.21. The second-order valence-corrected chi connectivity index (χ2v) is 6.72. The van der Waals surface area contributed by atoms with E-state index in [1.165, 1.54) is 6.92 Å². The van der Waals surface area contributed by atoms with Crippen molar-refractivity contribution in [2.75, 3.05) is 5.32 Å². The molecule has 0 aliphatic heterocycles. The van der Waals surface area contributed by atoms with E-state index >= 15 is 0 Å². The predicted octanol–water partition coefficient (Wildman–Crippen LogP) is 4.06. The predicted molar refractivity (Wildman–Crippen MR) is 98.1 cm³/mol. The summed E-state index contributed by atoms with van der Waals surface area (Å²) >= 11 is 5.68. The van der Waals surface area contributed by atoms with E-state index in [0.717, 1.165) is 15.8 Å². The molecule has 0 aliphatic rings. The smallest absolute Gasteiger partial charge is 0.308 e. The van der Waals surface area contributed by atoms with Crippen LogP contribution in [-0.4, -0.2) is 25.5 Å². The van der Waals surface area contributed by atoms with Crippen molar-refractivity contribution < 1.29 is 18.0 Å². The third kappa shape index (κ3) is 4.53. The Hall–Kier alpha value is -2.81. The molecule has 0 saturated heterocycles. The number of halogens is 4. The highest BCUT2D eigenvalue weighted by Gasteiger charge is 2.38. The maximum absolute atomic E-state index is 12.9. The van der Waals surface area contributed by atoms with Crippen LogP contribution in [0.3, 0.4) is 0 Å². The Morgan fingerprint density at radius 3 is 2.61 bits per heavy atom. The molecule has 0 fully saturated rings. The molecule has 2 aromatic heterocycles. The first kappa shape index (κ1) is 19.9. The normalized spacial score (nSPS) is 11.6. The van der Waals surface area contributed by atoms with Crippen molar-refractivity contribution in [1.29, 1.82) is 0 Å². The molecule has 6 nitrogen and oxygen atoms in total. The fourth-order valence-electron chi connectivity index (χ4n) is 2.69. The van der Waals surface area contributed by atoms with Crippen LogP contribution < -0.4 is 5.32 Å². The van der Waals surface area contributed by atoms with E-state index in [1.54, 1.807) is 16.9 Å². The molecular weight excluding hydrogens is 395 g/mol. The van der Waals surface area contributed by atoms with Gasteiger partial charge in [-0.2, -0.15) is 23.4 Å². The summed E-state index contributed by atoms with van der Waals surface area (Å²) in [5, 5.41) is 9.69. The molecule has 3 rings (SSSR count). The fraction of sp³-hybridized carbons (Fsp3) is 0.278. The van der Waals surface area contributed by atoms with Crippen LogP contribution in [0.15, 0.2) is 36.5 Å². The topological polar surface area (TPSA) is 64.7 Å². The van der Waals surface area contributed by atoms with Crippen LogP contribution in [0, 0.1) is 13.8 Å². The molecule has 1 amide bonds. The number of aromatic nitrogens is 4. The molecule has 3 aromatic rings. The van der Waals surface area contributed by atoms with Crippen molar-refractivity contribution in [3.05, 3.63) is 64.1 Å². The summed E-state index contributed by atoms with van der Waals surface area (Å²) in [6, 6.07) is 9.55. The Balaban J connectivity index is 1.65. The number of alkyl halides is 3. The molecular formula is C18H17ClF3N5O. The highest BCUT2D eigenvalue weighted by atomic mass is 35.5. The van der Waals surface area contributed by atoms with Gasteiger partial charge in [0.2, 0.25) is 5.91 Å². The van der Waals surface area contributed by atoms with Gasteiger partial charge in [-0.15, -0.1) is 0 Å². The first-order valence-electron chi connectivity index (χ1n) is 8.32. The van der Waals surface area contributed by atoms with E-state index in [0.29, 0.717) is 12.4 Å². The number of carbonyl (C=O) groups is 1. The number of carbonyl (C=O) groups excluding carboxylic acids is 1. The van der Waals surface area contributed by atoms with Gasteiger partial charge in [-0.3, -0.25) is 14.2 Å². The molecule has 0 spiro atoms. The molecule has 10 heteroatoms. The van der Waals surface area contributed by atoms with Gasteiger partial charge >= 0.3 is 6.18 Å². The van der Waals surface area contributed by atoms with E-state index < -0.39 is 29.3 Å². The van der Waals surface area contributed by atoms with Crippen LogP contribution in [0.1, 0.15) is 22.5 Å². The van der Waals surface area contributed by atoms with Gasteiger partial charge in [0.1, 0.15) is 6.54 Å². The average molecular weight is 412 g/mol. The quantitative estimate of drug-likeness (QED) is 0.688. The van der Waals surface area contributed by atoms with Gasteiger partial charge in [0.05, 0.1) is 17.3 Å². The Bertz CT molecular complexity index is 1010. The van der Waals surface area contributed by atoms with Crippen molar-refractivity contribution in [3.8, 4) is 0 Å². The van der Waals surface area contributed by atoms with Gasteiger partial charge in [-0.25, -0.2) is 0 Å². The summed E-state index contributed by atoms with van der Waals surface area (Å²) in [7, 11) is 0. The SMILES string of the molecule is Cc1cccc(Cn2ccc(NC(=O)Cn3nc(C(F)(F)F)c(Cl)c3C)n2)c1. The zero-order valence-corrected chi connectivity index (χ0v) is 15.8. The number of amides is 1. The Morgan fingerprint density at radius 2 is 1.96 bits per heavy atom. The van der Waals surface area contributed by atoms with Gasteiger partial charge < -0.3 is 5.32 Å². The van der Waals surface area contributed by atoms with Crippen molar-refractivity contribution in [2.45, 2.75) is 33.1 Å². The number of nitrogens with zero attached hydrogens (tertiary/aromatic N) is 4. The highest BCUT2D eigenvalue weighted by Crippen LogP contribution is 2.35. The molecule has 0 bridgehead atoms. The fourth-order valence-corrected chi connectivity index (χ4v) is 2.93. The molecule has 2 heterocycles. The van der Waals surface area contributed by atoms with Crippen molar-refractivity contribution in [2.24, 2.45) is 0 Å². The number of nitrogens with one attached hydrogen (secondary N) is 1. The van der Waals surface area contributed by atoms with E-state index in [1.807, 2.05) is 31.2 Å². The molecule has 0 atom stereocenters. The number of rotatable bonds is 5.